The fourth-order valence-corrected chi connectivity index (χ4v) is 4.09. The molecule has 2 bridgehead atoms. The summed E-state index contributed by atoms with van der Waals surface area (Å²) in [4.78, 5) is 2.54. The van der Waals surface area contributed by atoms with Gasteiger partial charge in [0.1, 0.15) is 5.54 Å². The Morgan fingerprint density at radius 3 is 2.62 bits per heavy atom. The molecular weight excluding hydrogens is 258 g/mol. The summed E-state index contributed by atoms with van der Waals surface area (Å²) in [6.07, 6.45) is 4.02. The van der Waals surface area contributed by atoms with Crippen molar-refractivity contribution in [3.8, 4) is 6.07 Å². The molecule has 2 aliphatic rings. The molecule has 1 aromatic rings. The molecule has 21 heavy (non-hydrogen) atoms. The second kappa shape index (κ2) is 5.79. The van der Waals surface area contributed by atoms with Gasteiger partial charge in [0.2, 0.25) is 0 Å². The van der Waals surface area contributed by atoms with Gasteiger partial charge in [-0.05, 0) is 44.6 Å². The third-order valence-electron chi connectivity index (χ3n) is 4.96. The monoisotopic (exact) mass is 283 g/mol. The van der Waals surface area contributed by atoms with Crippen LogP contribution in [-0.2, 0) is 5.54 Å². The molecule has 1 aliphatic carbocycles. The highest BCUT2D eigenvalue weighted by molar-refractivity contribution is 5.32. The van der Waals surface area contributed by atoms with E-state index in [1.54, 1.807) is 0 Å². The molecule has 3 heteroatoms. The molecule has 1 saturated heterocycles. The van der Waals surface area contributed by atoms with Crippen LogP contribution < -0.4 is 5.32 Å². The molecule has 112 valence electrons. The quantitative estimate of drug-likeness (QED) is 0.903. The zero-order valence-corrected chi connectivity index (χ0v) is 13.0. The van der Waals surface area contributed by atoms with Gasteiger partial charge in [-0.15, -0.1) is 0 Å². The largest absolute Gasteiger partial charge is 0.297 e. The lowest BCUT2D eigenvalue weighted by molar-refractivity contribution is 0.163. The van der Waals surface area contributed by atoms with Crippen LogP contribution in [0.15, 0.2) is 30.3 Å². The number of hydrogen-bond donors (Lipinski definition) is 1. The number of benzene rings is 1. The predicted molar refractivity (Wildman–Crippen MR) is 84.7 cm³/mol. The Kier molecular flexibility index (Phi) is 4.01. The van der Waals surface area contributed by atoms with E-state index in [2.05, 4.69) is 42.3 Å². The van der Waals surface area contributed by atoms with Crippen LogP contribution in [0.25, 0.3) is 0 Å². The highest BCUT2D eigenvalue weighted by Gasteiger charge is 2.43. The highest BCUT2D eigenvalue weighted by Crippen LogP contribution is 2.39. The Morgan fingerprint density at radius 1 is 1.33 bits per heavy atom. The zero-order valence-electron chi connectivity index (χ0n) is 13.0. The minimum absolute atomic E-state index is 0.282. The maximum Gasteiger partial charge on any atom is 0.145 e. The van der Waals surface area contributed by atoms with Crippen molar-refractivity contribution >= 4 is 0 Å². The highest BCUT2D eigenvalue weighted by atomic mass is 15.2. The van der Waals surface area contributed by atoms with Crippen molar-refractivity contribution in [1.29, 1.82) is 5.26 Å². The van der Waals surface area contributed by atoms with Gasteiger partial charge >= 0.3 is 0 Å². The van der Waals surface area contributed by atoms with Crippen LogP contribution in [-0.4, -0.2) is 30.1 Å². The third-order valence-corrected chi connectivity index (χ3v) is 4.96. The first-order chi connectivity index (χ1) is 10.1. The fraction of sp³-hybridized carbons (Fsp3) is 0.611. The summed E-state index contributed by atoms with van der Waals surface area (Å²) in [5.41, 5.74) is 0.490. The minimum atomic E-state index is -0.597. The van der Waals surface area contributed by atoms with Gasteiger partial charge in [-0.25, -0.2) is 0 Å². The molecule has 1 aliphatic heterocycles. The van der Waals surface area contributed by atoms with E-state index in [1.165, 1.54) is 25.8 Å². The van der Waals surface area contributed by atoms with Crippen LogP contribution in [0, 0.1) is 17.2 Å². The summed E-state index contributed by atoms with van der Waals surface area (Å²) in [7, 11) is 0. The average molecular weight is 283 g/mol. The summed E-state index contributed by atoms with van der Waals surface area (Å²) in [6, 6.07) is 13.8. The number of nitrogens with zero attached hydrogens (tertiary/aromatic N) is 2. The second-order valence-corrected chi connectivity index (χ2v) is 6.94. The first-order valence-electron chi connectivity index (χ1n) is 8.11. The summed E-state index contributed by atoms with van der Waals surface area (Å²) in [6.45, 7) is 6.20. The van der Waals surface area contributed by atoms with E-state index in [4.69, 9.17) is 0 Å². The van der Waals surface area contributed by atoms with E-state index in [9.17, 15) is 5.26 Å². The van der Waals surface area contributed by atoms with Gasteiger partial charge in [0.05, 0.1) is 6.07 Å². The van der Waals surface area contributed by atoms with E-state index in [0.717, 1.165) is 18.0 Å². The van der Waals surface area contributed by atoms with Crippen molar-refractivity contribution in [2.45, 2.75) is 50.7 Å². The molecule has 0 amide bonds. The molecule has 0 aromatic heterocycles. The van der Waals surface area contributed by atoms with E-state index in [0.29, 0.717) is 6.04 Å². The van der Waals surface area contributed by atoms with Crippen LogP contribution >= 0.6 is 0 Å². The number of likely N-dealkylation sites (tertiary alicyclic amines) is 1. The average Bonchev–Trinajstić information content (AvgIpc) is 3.09. The zero-order chi connectivity index (χ0) is 14.9. The molecule has 1 saturated carbocycles. The minimum Gasteiger partial charge on any atom is -0.297 e. The Morgan fingerprint density at radius 2 is 2.10 bits per heavy atom. The summed E-state index contributed by atoms with van der Waals surface area (Å²) < 4.78 is 0. The third kappa shape index (κ3) is 2.84. The number of fused-ring (bicyclic) bond motifs is 2. The molecular formula is C18H25N3. The van der Waals surface area contributed by atoms with Gasteiger partial charge in [-0.1, -0.05) is 30.3 Å². The molecule has 3 nitrogen and oxygen atoms in total. The first kappa shape index (κ1) is 14.6. The molecule has 1 aromatic carbocycles. The molecule has 2 fully saturated rings. The van der Waals surface area contributed by atoms with Crippen LogP contribution in [0.1, 0.15) is 38.7 Å². The molecule has 3 atom stereocenters. The Labute approximate surface area is 128 Å². The van der Waals surface area contributed by atoms with E-state index in [1.807, 2.05) is 18.2 Å². The Hall–Kier alpha value is -1.37. The van der Waals surface area contributed by atoms with Gasteiger partial charge in [0.15, 0.2) is 0 Å². The lowest BCUT2D eigenvalue weighted by Gasteiger charge is -2.37. The Bertz CT molecular complexity index is 519. The van der Waals surface area contributed by atoms with Crippen molar-refractivity contribution in [3.63, 3.8) is 0 Å². The number of hydrogen-bond acceptors (Lipinski definition) is 3. The summed E-state index contributed by atoms with van der Waals surface area (Å²) in [5, 5.41) is 13.5. The van der Waals surface area contributed by atoms with Crippen molar-refractivity contribution < 1.29 is 0 Å². The van der Waals surface area contributed by atoms with Gasteiger partial charge in [0, 0.05) is 25.2 Å². The SMILES string of the molecule is CC(C)NC(C#N)(CN1CC2CCC1C2)c1ccccc1. The van der Waals surface area contributed by atoms with Crippen LogP contribution in [0.4, 0.5) is 0 Å². The topological polar surface area (TPSA) is 39.1 Å². The van der Waals surface area contributed by atoms with E-state index >= 15 is 0 Å². The maximum absolute atomic E-state index is 9.97. The molecule has 3 unspecified atom stereocenters. The lowest BCUT2D eigenvalue weighted by Crippen LogP contribution is -2.54. The van der Waals surface area contributed by atoms with Crippen LogP contribution in [0.3, 0.4) is 0 Å². The van der Waals surface area contributed by atoms with Crippen LogP contribution in [0.2, 0.25) is 0 Å². The molecule has 0 radical (unpaired) electrons. The number of piperidine rings is 1. The molecule has 3 rings (SSSR count). The fourth-order valence-electron chi connectivity index (χ4n) is 4.09. The molecule has 0 spiro atoms. The van der Waals surface area contributed by atoms with Crippen molar-refractivity contribution in [2.75, 3.05) is 13.1 Å². The predicted octanol–water partition coefficient (Wildman–Crippen LogP) is 2.89. The van der Waals surface area contributed by atoms with Crippen molar-refractivity contribution in [1.82, 2.24) is 10.2 Å². The van der Waals surface area contributed by atoms with Gasteiger partial charge in [-0.2, -0.15) is 5.26 Å². The molecule has 1 heterocycles. The smallest absolute Gasteiger partial charge is 0.145 e. The second-order valence-electron chi connectivity index (χ2n) is 6.94. The number of nitrogens with one attached hydrogen (secondary N) is 1. The standard InChI is InChI=1S/C18H25N3/c1-14(2)20-18(12-19,16-6-4-3-5-7-16)13-21-11-15-8-9-17(21)10-15/h3-7,14-15,17,20H,8-11,13H2,1-2H3. The van der Waals surface area contributed by atoms with Gasteiger partial charge < -0.3 is 0 Å². The van der Waals surface area contributed by atoms with Crippen molar-refractivity contribution in [2.24, 2.45) is 5.92 Å². The van der Waals surface area contributed by atoms with Gasteiger partial charge in [-0.3, -0.25) is 10.2 Å². The van der Waals surface area contributed by atoms with Crippen LogP contribution in [0.5, 0.6) is 0 Å². The molecule has 1 N–H and O–H groups in total. The van der Waals surface area contributed by atoms with Gasteiger partial charge in [0.25, 0.3) is 0 Å². The maximum atomic E-state index is 9.97. The van der Waals surface area contributed by atoms with E-state index in [-0.39, 0.29) is 6.04 Å². The lowest BCUT2D eigenvalue weighted by atomic mass is 9.89. The normalized spacial score (nSPS) is 27.7. The first-order valence-corrected chi connectivity index (χ1v) is 8.11. The Balaban J connectivity index is 1.87. The van der Waals surface area contributed by atoms with Crippen molar-refractivity contribution in [3.05, 3.63) is 35.9 Å². The number of rotatable bonds is 5. The number of nitriles is 1. The van der Waals surface area contributed by atoms with E-state index < -0.39 is 5.54 Å². The summed E-state index contributed by atoms with van der Waals surface area (Å²) >= 11 is 0. The summed E-state index contributed by atoms with van der Waals surface area (Å²) in [5.74, 6) is 0.862.